The van der Waals surface area contributed by atoms with Crippen LogP contribution in [0.2, 0.25) is 0 Å². The summed E-state index contributed by atoms with van der Waals surface area (Å²) in [5.74, 6) is 0.147. The van der Waals surface area contributed by atoms with E-state index in [-0.39, 0.29) is 11.9 Å². The van der Waals surface area contributed by atoms with E-state index in [1.54, 1.807) is 7.05 Å². The standard InChI is InChI=1S/C18H36O2.C13H27NO/c1-3-5-6-7-8-9-10-11-12-13-14-15-16-17-18(19)20-4-2;1-3-4-5-6-7-8-9-10-11-12-13(15)14-2/h3-17H2,1-2H3;3-12H2,1-2H3,(H,14,15). The first-order chi connectivity index (χ1) is 17.1. The van der Waals surface area contributed by atoms with Gasteiger partial charge in [0, 0.05) is 19.9 Å². The Balaban J connectivity index is 0. The molecule has 0 aromatic carbocycles. The van der Waals surface area contributed by atoms with Gasteiger partial charge in [0.05, 0.1) is 6.61 Å². The van der Waals surface area contributed by atoms with Gasteiger partial charge in [0.25, 0.3) is 0 Å². The number of amides is 1. The largest absolute Gasteiger partial charge is 0.466 e. The molecule has 0 heterocycles. The Morgan fingerprint density at radius 2 is 0.800 bits per heavy atom. The average molecular weight is 498 g/mol. The second-order valence-corrected chi connectivity index (χ2v) is 10.0. The normalized spacial score (nSPS) is 10.5. The summed E-state index contributed by atoms with van der Waals surface area (Å²) >= 11 is 0. The molecule has 4 nitrogen and oxygen atoms in total. The van der Waals surface area contributed by atoms with E-state index in [9.17, 15) is 9.59 Å². The molecule has 0 saturated heterocycles. The topological polar surface area (TPSA) is 55.4 Å². The third-order valence-corrected chi connectivity index (χ3v) is 6.58. The van der Waals surface area contributed by atoms with Crippen LogP contribution in [0.15, 0.2) is 0 Å². The van der Waals surface area contributed by atoms with Crippen molar-refractivity contribution in [2.75, 3.05) is 13.7 Å². The molecule has 1 N–H and O–H groups in total. The minimum absolute atomic E-state index is 0.0319. The first-order valence-corrected chi connectivity index (χ1v) is 15.5. The minimum atomic E-state index is -0.0319. The highest BCUT2D eigenvalue weighted by molar-refractivity contribution is 5.75. The Bertz CT molecular complexity index is 425. The molecule has 0 aliphatic rings. The molecule has 0 unspecified atom stereocenters. The SMILES string of the molecule is CCCCCCCCCCCC(=O)NC.CCCCCCCCCCCCCCCC(=O)OCC. The predicted octanol–water partition coefficient (Wildman–Crippen LogP) is 9.68. The van der Waals surface area contributed by atoms with Gasteiger partial charge < -0.3 is 10.1 Å². The quantitative estimate of drug-likeness (QED) is 0.101. The number of ether oxygens (including phenoxy) is 1. The van der Waals surface area contributed by atoms with E-state index in [0.717, 1.165) is 12.8 Å². The molecule has 0 rings (SSSR count). The van der Waals surface area contributed by atoms with E-state index in [1.165, 1.54) is 128 Å². The van der Waals surface area contributed by atoms with Crippen LogP contribution in [-0.4, -0.2) is 25.5 Å². The maximum atomic E-state index is 11.1. The molecule has 0 aromatic rings. The van der Waals surface area contributed by atoms with Crippen LogP contribution in [0.1, 0.15) is 175 Å². The van der Waals surface area contributed by atoms with E-state index < -0.39 is 0 Å². The Morgan fingerprint density at radius 3 is 1.11 bits per heavy atom. The summed E-state index contributed by atoms with van der Waals surface area (Å²) in [4.78, 5) is 22.0. The second kappa shape index (κ2) is 32.9. The van der Waals surface area contributed by atoms with Crippen LogP contribution in [0.5, 0.6) is 0 Å². The predicted molar refractivity (Wildman–Crippen MR) is 153 cm³/mol. The monoisotopic (exact) mass is 497 g/mol. The van der Waals surface area contributed by atoms with Crippen molar-refractivity contribution in [1.29, 1.82) is 0 Å². The van der Waals surface area contributed by atoms with Crippen LogP contribution in [0.25, 0.3) is 0 Å². The number of nitrogens with one attached hydrogen (secondary N) is 1. The number of hydrogen-bond acceptors (Lipinski definition) is 3. The van der Waals surface area contributed by atoms with Gasteiger partial charge >= 0.3 is 5.97 Å². The minimum Gasteiger partial charge on any atom is -0.466 e. The van der Waals surface area contributed by atoms with Gasteiger partial charge in [-0.15, -0.1) is 0 Å². The van der Waals surface area contributed by atoms with Crippen molar-refractivity contribution in [3.63, 3.8) is 0 Å². The molecule has 0 aliphatic carbocycles. The number of carbonyl (C=O) groups is 2. The van der Waals surface area contributed by atoms with Crippen LogP contribution < -0.4 is 5.32 Å². The van der Waals surface area contributed by atoms with Crippen LogP contribution in [0.4, 0.5) is 0 Å². The third-order valence-electron chi connectivity index (χ3n) is 6.58. The summed E-state index contributed by atoms with van der Waals surface area (Å²) in [7, 11) is 1.70. The molecule has 0 radical (unpaired) electrons. The van der Waals surface area contributed by atoms with Gasteiger partial charge in [0.15, 0.2) is 0 Å². The molecule has 0 atom stereocenters. The maximum Gasteiger partial charge on any atom is 0.305 e. The molecular formula is C31H63NO3. The first kappa shape index (κ1) is 36.1. The summed E-state index contributed by atoms with van der Waals surface area (Å²) in [5.41, 5.74) is 0. The fourth-order valence-corrected chi connectivity index (χ4v) is 4.24. The van der Waals surface area contributed by atoms with Crippen molar-refractivity contribution >= 4 is 11.9 Å². The molecule has 4 heteroatoms. The fraction of sp³-hybridized carbons (Fsp3) is 0.935. The Hall–Kier alpha value is -1.06. The highest BCUT2D eigenvalue weighted by Crippen LogP contribution is 2.13. The van der Waals surface area contributed by atoms with Crippen molar-refractivity contribution in [2.24, 2.45) is 0 Å². The van der Waals surface area contributed by atoms with Crippen molar-refractivity contribution in [1.82, 2.24) is 5.32 Å². The molecule has 0 bridgehead atoms. The lowest BCUT2D eigenvalue weighted by Crippen LogP contribution is -2.16. The summed E-state index contributed by atoms with van der Waals surface area (Å²) in [5, 5.41) is 2.65. The van der Waals surface area contributed by atoms with Gasteiger partial charge in [0.1, 0.15) is 0 Å². The highest BCUT2D eigenvalue weighted by atomic mass is 16.5. The Kier molecular flexibility index (Phi) is 34.0. The van der Waals surface area contributed by atoms with Crippen LogP contribution >= 0.6 is 0 Å². The lowest BCUT2D eigenvalue weighted by Gasteiger charge is -2.03. The number of carbonyl (C=O) groups excluding carboxylic acids is 2. The van der Waals surface area contributed by atoms with Gasteiger partial charge in [-0.05, 0) is 19.8 Å². The Labute approximate surface area is 220 Å². The lowest BCUT2D eigenvalue weighted by molar-refractivity contribution is -0.143. The van der Waals surface area contributed by atoms with E-state index >= 15 is 0 Å². The van der Waals surface area contributed by atoms with Crippen molar-refractivity contribution in [3.8, 4) is 0 Å². The van der Waals surface area contributed by atoms with Crippen molar-refractivity contribution in [2.45, 2.75) is 175 Å². The first-order valence-electron chi connectivity index (χ1n) is 15.5. The van der Waals surface area contributed by atoms with Gasteiger partial charge in [-0.3, -0.25) is 9.59 Å². The van der Waals surface area contributed by atoms with Crippen LogP contribution in [-0.2, 0) is 14.3 Å². The van der Waals surface area contributed by atoms with E-state index in [0.29, 0.717) is 19.4 Å². The molecule has 210 valence electrons. The van der Waals surface area contributed by atoms with Crippen LogP contribution in [0.3, 0.4) is 0 Å². The fourth-order valence-electron chi connectivity index (χ4n) is 4.24. The molecule has 35 heavy (non-hydrogen) atoms. The molecule has 0 fully saturated rings. The third kappa shape index (κ3) is 35.2. The smallest absolute Gasteiger partial charge is 0.305 e. The number of esters is 1. The second-order valence-electron chi connectivity index (χ2n) is 10.0. The van der Waals surface area contributed by atoms with Crippen molar-refractivity contribution < 1.29 is 14.3 Å². The van der Waals surface area contributed by atoms with Gasteiger partial charge in [-0.25, -0.2) is 0 Å². The molecule has 0 aromatic heterocycles. The zero-order chi connectivity index (χ0) is 26.2. The maximum absolute atomic E-state index is 11.1. The summed E-state index contributed by atoms with van der Waals surface area (Å²) < 4.78 is 4.91. The number of rotatable bonds is 25. The Morgan fingerprint density at radius 1 is 0.486 bits per heavy atom. The van der Waals surface area contributed by atoms with Gasteiger partial charge in [-0.1, -0.05) is 142 Å². The van der Waals surface area contributed by atoms with Gasteiger partial charge in [-0.2, -0.15) is 0 Å². The summed E-state index contributed by atoms with van der Waals surface area (Å²) in [6.45, 7) is 6.89. The van der Waals surface area contributed by atoms with E-state index in [1.807, 2.05) is 6.92 Å². The molecule has 1 amide bonds. The van der Waals surface area contributed by atoms with Gasteiger partial charge in [0.2, 0.25) is 5.91 Å². The van der Waals surface area contributed by atoms with Crippen molar-refractivity contribution in [3.05, 3.63) is 0 Å². The lowest BCUT2D eigenvalue weighted by atomic mass is 10.0. The number of unbranched alkanes of at least 4 members (excludes halogenated alkanes) is 20. The van der Waals surface area contributed by atoms with E-state index in [4.69, 9.17) is 4.74 Å². The molecule has 0 spiro atoms. The number of hydrogen-bond donors (Lipinski definition) is 1. The van der Waals surface area contributed by atoms with Crippen LogP contribution in [0, 0.1) is 0 Å². The summed E-state index contributed by atoms with van der Waals surface area (Å²) in [6.07, 6.45) is 30.5. The molecule has 0 aliphatic heterocycles. The highest BCUT2D eigenvalue weighted by Gasteiger charge is 2.00. The zero-order valence-electron chi connectivity index (χ0n) is 24.4. The van der Waals surface area contributed by atoms with E-state index in [2.05, 4.69) is 19.2 Å². The summed E-state index contributed by atoms with van der Waals surface area (Å²) in [6, 6.07) is 0. The zero-order valence-corrected chi connectivity index (χ0v) is 24.4. The molecular weight excluding hydrogens is 434 g/mol. The average Bonchev–Trinajstić information content (AvgIpc) is 2.86. The molecule has 0 saturated carbocycles.